The largest absolute Gasteiger partial charge is 0.368 e. The monoisotopic (exact) mass is 404 g/mol. The molecule has 0 aromatic heterocycles. The Morgan fingerprint density at radius 1 is 1.00 bits per heavy atom. The molecular formula is C21H28N2O4S. The van der Waals surface area contributed by atoms with Gasteiger partial charge >= 0.3 is 0 Å². The lowest BCUT2D eigenvalue weighted by Crippen LogP contribution is -2.59. The molecule has 152 valence electrons. The Balaban J connectivity index is 1.28. The minimum Gasteiger partial charge on any atom is -0.368 e. The van der Waals surface area contributed by atoms with E-state index in [0.29, 0.717) is 30.0 Å². The van der Waals surface area contributed by atoms with E-state index in [0.717, 1.165) is 32.1 Å². The zero-order valence-corrected chi connectivity index (χ0v) is 16.8. The second-order valence-electron chi connectivity index (χ2n) is 9.32. The van der Waals surface area contributed by atoms with Crippen molar-refractivity contribution in [3.63, 3.8) is 0 Å². The molecule has 0 radical (unpaired) electrons. The van der Waals surface area contributed by atoms with Gasteiger partial charge in [-0.2, -0.15) is 0 Å². The van der Waals surface area contributed by atoms with Gasteiger partial charge in [-0.3, -0.25) is 4.79 Å². The van der Waals surface area contributed by atoms with Gasteiger partial charge < -0.3 is 10.1 Å². The third-order valence-corrected chi connectivity index (χ3v) is 8.64. The van der Waals surface area contributed by atoms with E-state index in [9.17, 15) is 13.2 Å². The number of amides is 1. The van der Waals surface area contributed by atoms with Crippen LogP contribution in [0.25, 0.3) is 0 Å². The van der Waals surface area contributed by atoms with Gasteiger partial charge in [0.1, 0.15) is 6.10 Å². The molecular weight excluding hydrogens is 376 g/mol. The molecule has 5 fully saturated rings. The average molecular weight is 405 g/mol. The second-order valence-corrected chi connectivity index (χ2v) is 11.0. The number of hydrogen-bond donors (Lipinski definition) is 2. The van der Waals surface area contributed by atoms with Gasteiger partial charge in [0.25, 0.3) is 5.91 Å². The number of carbonyl (C=O) groups is 1. The van der Waals surface area contributed by atoms with Crippen LogP contribution >= 0.6 is 0 Å². The molecule has 28 heavy (non-hydrogen) atoms. The molecule has 1 amide bonds. The maximum Gasteiger partial charge on any atom is 0.253 e. The molecule has 0 spiro atoms. The van der Waals surface area contributed by atoms with E-state index >= 15 is 0 Å². The summed E-state index contributed by atoms with van der Waals surface area (Å²) >= 11 is 0. The van der Waals surface area contributed by atoms with Crippen molar-refractivity contribution < 1.29 is 17.9 Å². The van der Waals surface area contributed by atoms with Crippen LogP contribution in [-0.2, 0) is 19.6 Å². The molecule has 1 heterocycles. The number of hydrogen-bond acceptors (Lipinski definition) is 4. The number of ether oxygens (including phenoxy) is 1. The van der Waals surface area contributed by atoms with Gasteiger partial charge in [-0.05, 0) is 93.4 Å². The van der Waals surface area contributed by atoms with Gasteiger partial charge in [-0.25, -0.2) is 13.1 Å². The molecule has 1 aromatic rings. The molecule has 2 N–H and O–H groups in total. The van der Waals surface area contributed by atoms with E-state index in [2.05, 4.69) is 10.0 Å². The average Bonchev–Trinajstić information content (AvgIpc) is 3.15. The summed E-state index contributed by atoms with van der Waals surface area (Å²) in [6, 6.07) is 6.46. The normalized spacial score (nSPS) is 36.6. The zero-order valence-electron chi connectivity index (χ0n) is 16.0. The quantitative estimate of drug-likeness (QED) is 0.790. The third kappa shape index (κ3) is 3.48. The topological polar surface area (TPSA) is 84.5 Å². The second kappa shape index (κ2) is 6.82. The van der Waals surface area contributed by atoms with Crippen LogP contribution in [0.5, 0.6) is 0 Å². The highest BCUT2D eigenvalue weighted by molar-refractivity contribution is 7.89. The molecule has 1 saturated heterocycles. The first-order chi connectivity index (χ1) is 13.4. The highest BCUT2D eigenvalue weighted by Crippen LogP contribution is 2.55. The molecule has 7 heteroatoms. The highest BCUT2D eigenvalue weighted by Gasteiger charge is 2.52. The van der Waals surface area contributed by atoms with Crippen molar-refractivity contribution in [2.24, 2.45) is 17.8 Å². The lowest BCUT2D eigenvalue weighted by Gasteiger charge is -2.56. The van der Waals surface area contributed by atoms with Gasteiger partial charge in [0.15, 0.2) is 0 Å². The highest BCUT2D eigenvalue weighted by atomic mass is 32.2. The lowest BCUT2D eigenvalue weighted by molar-refractivity contribution is -0.124. The smallest absolute Gasteiger partial charge is 0.253 e. The number of sulfonamides is 1. The van der Waals surface area contributed by atoms with E-state index in [4.69, 9.17) is 4.74 Å². The molecule has 5 aliphatic rings. The summed E-state index contributed by atoms with van der Waals surface area (Å²) in [4.78, 5) is 12.4. The number of benzene rings is 1. The number of nitrogens with one attached hydrogen (secondary N) is 2. The fraction of sp³-hybridized carbons (Fsp3) is 0.667. The Morgan fingerprint density at radius 2 is 1.61 bits per heavy atom. The van der Waals surface area contributed by atoms with E-state index in [-0.39, 0.29) is 16.3 Å². The van der Waals surface area contributed by atoms with Gasteiger partial charge in [0.2, 0.25) is 10.0 Å². The van der Waals surface area contributed by atoms with Crippen molar-refractivity contribution in [3.05, 3.63) is 24.3 Å². The molecule has 6 rings (SSSR count). The Kier molecular flexibility index (Phi) is 4.52. The van der Waals surface area contributed by atoms with E-state index in [1.807, 2.05) is 0 Å². The summed E-state index contributed by atoms with van der Waals surface area (Å²) in [6.07, 6.45) is 8.00. The minimum atomic E-state index is -3.57. The maximum atomic E-state index is 13.0. The first-order valence-electron chi connectivity index (χ1n) is 10.5. The van der Waals surface area contributed by atoms with E-state index in [1.165, 1.54) is 19.3 Å². The maximum absolute atomic E-state index is 13.0. The van der Waals surface area contributed by atoms with Gasteiger partial charge in [-0.15, -0.1) is 0 Å². The number of anilines is 1. The van der Waals surface area contributed by atoms with Gasteiger partial charge in [0.05, 0.1) is 4.90 Å². The van der Waals surface area contributed by atoms with Crippen molar-refractivity contribution in [1.82, 2.24) is 4.72 Å². The summed E-state index contributed by atoms with van der Waals surface area (Å²) in [5.41, 5.74) is 0.342. The van der Waals surface area contributed by atoms with Crippen molar-refractivity contribution >= 4 is 21.6 Å². The molecule has 4 saturated carbocycles. The summed E-state index contributed by atoms with van der Waals surface area (Å²) < 4.78 is 34.6. The predicted molar refractivity (Wildman–Crippen MR) is 105 cm³/mol. The van der Waals surface area contributed by atoms with Crippen LogP contribution in [0.2, 0.25) is 0 Å². The molecule has 1 atom stereocenters. The van der Waals surface area contributed by atoms with Crippen LogP contribution < -0.4 is 10.0 Å². The van der Waals surface area contributed by atoms with Crippen LogP contribution in [0, 0.1) is 17.8 Å². The van der Waals surface area contributed by atoms with Crippen LogP contribution in [0.4, 0.5) is 5.69 Å². The van der Waals surface area contributed by atoms with Crippen molar-refractivity contribution in [2.75, 3.05) is 11.9 Å². The lowest BCUT2D eigenvalue weighted by atomic mass is 9.53. The van der Waals surface area contributed by atoms with Crippen LogP contribution in [0.1, 0.15) is 51.4 Å². The Bertz CT molecular complexity index is 824. The molecule has 1 aliphatic heterocycles. The summed E-state index contributed by atoms with van der Waals surface area (Å²) in [5, 5.41) is 2.81. The number of rotatable bonds is 5. The SMILES string of the molecule is O=C(Nc1ccc(S(=O)(=O)NC23CC4CC(CC(C4)C2)C3)cc1)C1CCCO1. The standard InChI is InChI=1S/C21H28N2O4S/c24-20(19-2-1-7-27-19)22-17-3-5-18(6-4-17)28(25,26)23-21-11-14-8-15(12-21)10-16(9-14)13-21/h3-6,14-16,19,23H,1-2,7-13H2,(H,22,24). The summed E-state index contributed by atoms with van der Waals surface area (Å²) in [6.45, 7) is 0.616. The first kappa shape index (κ1) is 18.6. The zero-order chi connectivity index (χ0) is 19.4. The van der Waals surface area contributed by atoms with Gasteiger partial charge in [0, 0.05) is 17.8 Å². The number of carbonyl (C=O) groups excluding carboxylic acids is 1. The molecule has 1 unspecified atom stereocenters. The Labute approximate surface area is 166 Å². The fourth-order valence-electron chi connectivity index (χ4n) is 6.30. The molecule has 6 nitrogen and oxygen atoms in total. The Morgan fingerprint density at radius 3 is 2.14 bits per heavy atom. The van der Waals surface area contributed by atoms with E-state index < -0.39 is 16.1 Å². The van der Waals surface area contributed by atoms with Crippen molar-refractivity contribution in [1.29, 1.82) is 0 Å². The van der Waals surface area contributed by atoms with E-state index in [1.54, 1.807) is 24.3 Å². The fourth-order valence-corrected chi connectivity index (χ4v) is 7.74. The molecule has 4 bridgehead atoms. The molecule has 4 aliphatic carbocycles. The van der Waals surface area contributed by atoms with Gasteiger partial charge in [-0.1, -0.05) is 0 Å². The third-order valence-electron chi connectivity index (χ3n) is 7.04. The first-order valence-corrected chi connectivity index (χ1v) is 12.0. The summed E-state index contributed by atoms with van der Waals surface area (Å²) in [5.74, 6) is 1.89. The van der Waals surface area contributed by atoms with Crippen LogP contribution in [-0.4, -0.2) is 32.6 Å². The van der Waals surface area contributed by atoms with Crippen molar-refractivity contribution in [2.45, 2.75) is 67.9 Å². The van der Waals surface area contributed by atoms with Crippen LogP contribution in [0.15, 0.2) is 29.2 Å². The Hall–Kier alpha value is -1.44. The van der Waals surface area contributed by atoms with Crippen LogP contribution in [0.3, 0.4) is 0 Å². The summed E-state index contributed by atoms with van der Waals surface area (Å²) in [7, 11) is -3.57. The molecule has 1 aromatic carbocycles. The predicted octanol–water partition coefficient (Wildman–Crippen LogP) is 3.05. The van der Waals surface area contributed by atoms with Crippen molar-refractivity contribution in [3.8, 4) is 0 Å². The minimum absolute atomic E-state index is 0.167.